The van der Waals surface area contributed by atoms with Crippen LogP contribution in [0.1, 0.15) is 22.9 Å². The first-order valence-corrected chi connectivity index (χ1v) is 6.85. The Hall–Kier alpha value is -1.50. The maximum Gasteiger partial charge on any atom is 0.128 e. The second kappa shape index (κ2) is 5.01. The fourth-order valence-corrected chi connectivity index (χ4v) is 3.17. The van der Waals surface area contributed by atoms with Gasteiger partial charge in [0.05, 0.1) is 5.69 Å². The van der Waals surface area contributed by atoms with Gasteiger partial charge in [0.15, 0.2) is 0 Å². The lowest BCUT2D eigenvalue weighted by molar-refractivity contribution is 1.16. The fraction of sp³-hybridized carbons (Fsp3) is 0.214. The minimum absolute atomic E-state index is 0.582. The summed E-state index contributed by atoms with van der Waals surface area (Å²) in [5, 5.41) is 9.79. The van der Waals surface area contributed by atoms with E-state index in [0.29, 0.717) is 10.6 Å². The van der Waals surface area contributed by atoms with Crippen LogP contribution in [0.2, 0.25) is 5.02 Å². The first kappa shape index (κ1) is 12.9. The molecule has 0 aliphatic carbocycles. The monoisotopic (exact) mass is 276 g/mol. The van der Waals surface area contributed by atoms with E-state index < -0.39 is 0 Å². The molecule has 0 aliphatic heterocycles. The largest absolute Gasteiger partial charge is 0.397 e. The van der Waals surface area contributed by atoms with Crippen LogP contribution in [0.4, 0.5) is 5.69 Å². The molecule has 0 aliphatic rings. The van der Waals surface area contributed by atoms with E-state index in [-0.39, 0.29) is 0 Å². The van der Waals surface area contributed by atoms with Gasteiger partial charge in [-0.15, -0.1) is 11.3 Å². The van der Waals surface area contributed by atoms with Crippen molar-refractivity contribution in [3.05, 3.63) is 39.2 Å². The third-order valence-corrected chi connectivity index (χ3v) is 4.55. The fourth-order valence-electron chi connectivity index (χ4n) is 1.88. The maximum absolute atomic E-state index is 9.05. The van der Waals surface area contributed by atoms with Crippen LogP contribution in [0.25, 0.3) is 10.4 Å². The van der Waals surface area contributed by atoms with E-state index in [1.54, 1.807) is 0 Å². The SMILES string of the molecule is CCc1c(-c2ccc(C)c(Cl)c2)sc(C#N)c1N. The molecule has 0 unspecified atom stereocenters. The third kappa shape index (κ3) is 2.10. The van der Waals surface area contributed by atoms with Crippen LogP contribution in [0.3, 0.4) is 0 Å². The Labute approximate surface area is 116 Å². The van der Waals surface area contributed by atoms with Gasteiger partial charge in [-0.1, -0.05) is 30.7 Å². The third-order valence-electron chi connectivity index (χ3n) is 2.94. The molecule has 2 nitrogen and oxygen atoms in total. The zero-order chi connectivity index (χ0) is 13.3. The molecule has 1 aromatic heterocycles. The topological polar surface area (TPSA) is 49.8 Å². The summed E-state index contributed by atoms with van der Waals surface area (Å²) in [5.74, 6) is 0. The minimum Gasteiger partial charge on any atom is -0.397 e. The molecule has 4 heteroatoms. The molecule has 0 saturated heterocycles. The maximum atomic E-state index is 9.05. The van der Waals surface area contributed by atoms with Gasteiger partial charge in [0.2, 0.25) is 0 Å². The second-order valence-corrected chi connectivity index (χ2v) is 5.51. The Kier molecular flexibility index (Phi) is 3.60. The van der Waals surface area contributed by atoms with Gasteiger partial charge in [0.1, 0.15) is 10.9 Å². The van der Waals surface area contributed by atoms with Gasteiger partial charge < -0.3 is 5.73 Å². The number of rotatable bonds is 2. The Morgan fingerprint density at radius 3 is 2.72 bits per heavy atom. The van der Waals surface area contributed by atoms with Crippen molar-refractivity contribution in [2.24, 2.45) is 0 Å². The number of thiophene rings is 1. The van der Waals surface area contributed by atoms with E-state index in [4.69, 9.17) is 22.6 Å². The molecule has 1 aromatic carbocycles. The average molecular weight is 277 g/mol. The van der Waals surface area contributed by atoms with Crippen molar-refractivity contribution in [1.82, 2.24) is 0 Å². The van der Waals surface area contributed by atoms with Gasteiger partial charge in [-0.05, 0) is 36.1 Å². The predicted molar refractivity (Wildman–Crippen MR) is 78.0 cm³/mol. The van der Waals surface area contributed by atoms with E-state index in [9.17, 15) is 0 Å². The van der Waals surface area contributed by atoms with Crippen LogP contribution >= 0.6 is 22.9 Å². The highest BCUT2D eigenvalue weighted by atomic mass is 35.5. The number of nitriles is 1. The normalized spacial score (nSPS) is 10.3. The van der Waals surface area contributed by atoms with Gasteiger partial charge in [0.25, 0.3) is 0 Å². The zero-order valence-electron chi connectivity index (χ0n) is 10.2. The highest BCUT2D eigenvalue weighted by molar-refractivity contribution is 7.16. The van der Waals surface area contributed by atoms with Crippen molar-refractivity contribution in [2.75, 3.05) is 5.73 Å². The van der Waals surface area contributed by atoms with Gasteiger partial charge >= 0.3 is 0 Å². The smallest absolute Gasteiger partial charge is 0.128 e. The summed E-state index contributed by atoms with van der Waals surface area (Å²) in [5.41, 5.74) is 9.71. The van der Waals surface area contributed by atoms with E-state index in [2.05, 4.69) is 6.07 Å². The van der Waals surface area contributed by atoms with Crippen molar-refractivity contribution in [3.63, 3.8) is 0 Å². The van der Waals surface area contributed by atoms with E-state index in [1.165, 1.54) is 11.3 Å². The first-order chi connectivity index (χ1) is 8.58. The number of halogens is 1. The molecule has 18 heavy (non-hydrogen) atoms. The van der Waals surface area contributed by atoms with Crippen molar-refractivity contribution in [3.8, 4) is 16.5 Å². The molecule has 2 aromatic rings. The van der Waals surface area contributed by atoms with E-state index in [0.717, 1.165) is 33.0 Å². The summed E-state index contributed by atoms with van der Waals surface area (Å²) in [4.78, 5) is 1.63. The number of nitrogens with zero attached hydrogens (tertiary/aromatic N) is 1. The minimum atomic E-state index is 0.582. The molecule has 0 atom stereocenters. The number of hydrogen-bond donors (Lipinski definition) is 1. The molecule has 0 radical (unpaired) electrons. The van der Waals surface area contributed by atoms with Gasteiger partial charge in [-0.2, -0.15) is 5.26 Å². The highest BCUT2D eigenvalue weighted by Crippen LogP contribution is 2.39. The van der Waals surface area contributed by atoms with Gasteiger partial charge in [0, 0.05) is 9.90 Å². The number of benzene rings is 1. The quantitative estimate of drug-likeness (QED) is 0.884. The Bertz CT molecular complexity index is 638. The molecule has 2 N–H and O–H groups in total. The van der Waals surface area contributed by atoms with Crippen molar-refractivity contribution in [2.45, 2.75) is 20.3 Å². The summed E-state index contributed by atoms with van der Waals surface area (Å²) < 4.78 is 0. The molecule has 0 fully saturated rings. The molecular formula is C14H13ClN2S. The first-order valence-electron chi connectivity index (χ1n) is 5.66. The van der Waals surface area contributed by atoms with Gasteiger partial charge in [-0.3, -0.25) is 0 Å². The summed E-state index contributed by atoms with van der Waals surface area (Å²) in [6.45, 7) is 4.01. The average Bonchev–Trinajstić information content (AvgIpc) is 2.69. The predicted octanol–water partition coefficient (Wildman–Crippen LogP) is 4.39. The summed E-state index contributed by atoms with van der Waals surface area (Å²) in [6, 6.07) is 8.09. The molecule has 92 valence electrons. The van der Waals surface area contributed by atoms with Gasteiger partial charge in [-0.25, -0.2) is 0 Å². The molecule has 1 heterocycles. The van der Waals surface area contributed by atoms with Crippen LogP contribution in [0.15, 0.2) is 18.2 Å². The van der Waals surface area contributed by atoms with E-state index >= 15 is 0 Å². The van der Waals surface area contributed by atoms with Crippen molar-refractivity contribution >= 4 is 28.6 Å². The molecular weight excluding hydrogens is 264 g/mol. The highest BCUT2D eigenvalue weighted by Gasteiger charge is 2.16. The van der Waals surface area contributed by atoms with Crippen molar-refractivity contribution < 1.29 is 0 Å². The van der Waals surface area contributed by atoms with E-state index in [1.807, 2.05) is 32.0 Å². The lowest BCUT2D eigenvalue weighted by Gasteiger charge is -2.05. The number of nitrogens with two attached hydrogens (primary N) is 1. The summed E-state index contributed by atoms with van der Waals surface area (Å²) in [6.07, 6.45) is 0.810. The molecule has 2 rings (SSSR count). The van der Waals surface area contributed by atoms with Crippen LogP contribution in [0.5, 0.6) is 0 Å². The molecule has 0 amide bonds. The van der Waals surface area contributed by atoms with Crippen molar-refractivity contribution in [1.29, 1.82) is 5.26 Å². The molecule has 0 spiro atoms. The van der Waals surface area contributed by atoms with Crippen LogP contribution in [0, 0.1) is 18.3 Å². The summed E-state index contributed by atoms with van der Waals surface area (Å²) in [7, 11) is 0. The Morgan fingerprint density at radius 2 is 2.17 bits per heavy atom. The zero-order valence-corrected chi connectivity index (χ0v) is 11.8. The molecule has 0 bridgehead atoms. The standard InChI is InChI=1S/C14H13ClN2S/c1-3-10-13(17)12(7-16)18-14(10)9-5-4-8(2)11(15)6-9/h4-6H,3,17H2,1-2H3. The van der Waals surface area contributed by atoms with Crippen LogP contribution < -0.4 is 5.73 Å². The summed E-state index contributed by atoms with van der Waals surface area (Å²) >= 11 is 7.58. The Balaban J connectivity index is 2.63. The lowest BCUT2D eigenvalue weighted by Crippen LogP contribution is -1.91. The van der Waals surface area contributed by atoms with Crippen LogP contribution in [-0.2, 0) is 6.42 Å². The number of nitrogen functional groups attached to an aromatic ring is 1. The Morgan fingerprint density at radius 1 is 1.44 bits per heavy atom. The second-order valence-electron chi connectivity index (χ2n) is 4.08. The number of aryl methyl sites for hydroxylation is 1. The number of anilines is 1. The van der Waals surface area contributed by atoms with Crippen LogP contribution in [-0.4, -0.2) is 0 Å². The lowest BCUT2D eigenvalue weighted by atomic mass is 10.0. The number of hydrogen-bond acceptors (Lipinski definition) is 3. The molecule has 0 saturated carbocycles.